The van der Waals surface area contributed by atoms with Gasteiger partial charge in [-0.25, -0.2) is 14.0 Å². The van der Waals surface area contributed by atoms with Crippen molar-refractivity contribution in [3.8, 4) is 0 Å². The molecular weight excluding hydrogens is 445 g/mol. The summed E-state index contributed by atoms with van der Waals surface area (Å²) >= 11 is 0. The molecule has 2 aliphatic heterocycles. The zero-order valence-corrected chi connectivity index (χ0v) is 18.9. The topological polar surface area (TPSA) is 111 Å². The van der Waals surface area contributed by atoms with Gasteiger partial charge in [-0.3, -0.25) is 9.69 Å². The monoisotopic (exact) mass is 473 g/mol. The molecule has 0 radical (unpaired) electrons. The number of methoxy groups -OCH3 is 1. The average Bonchev–Trinajstić information content (AvgIpc) is 3.11. The highest BCUT2D eigenvalue weighted by Crippen LogP contribution is 2.33. The molecule has 2 aromatic rings. The summed E-state index contributed by atoms with van der Waals surface area (Å²) in [7, 11) is 1.65. The second-order valence-corrected chi connectivity index (χ2v) is 7.94. The SMILES string of the molecule is COC1c2ccccc2C(=O)N1CCCN1CCN(c2ccc(F)cc2)CC1.O=C(O)C(=O)O. The molecule has 0 spiro atoms. The molecule has 34 heavy (non-hydrogen) atoms. The van der Waals surface area contributed by atoms with Crippen LogP contribution in [-0.2, 0) is 14.3 Å². The third kappa shape index (κ3) is 6.09. The van der Waals surface area contributed by atoms with Gasteiger partial charge >= 0.3 is 11.9 Å². The van der Waals surface area contributed by atoms with E-state index in [1.54, 1.807) is 7.11 Å². The molecule has 182 valence electrons. The van der Waals surface area contributed by atoms with E-state index in [1.807, 2.05) is 41.3 Å². The predicted molar refractivity (Wildman–Crippen MR) is 122 cm³/mol. The number of anilines is 1. The van der Waals surface area contributed by atoms with Gasteiger partial charge in [0.15, 0.2) is 6.23 Å². The molecule has 1 saturated heterocycles. The number of hydrogen-bond donors (Lipinski definition) is 2. The Labute approximate surface area is 196 Å². The molecule has 1 atom stereocenters. The Hall–Kier alpha value is -3.50. The summed E-state index contributed by atoms with van der Waals surface area (Å²) in [5, 5.41) is 14.8. The highest BCUT2D eigenvalue weighted by molar-refractivity contribution is 6.27. The summed E-state index contributed by atoms with van der Waals surface area (Å²) in [4.78, 5) is 37.4. The van der Waals surface area contributed by atoms with Crippen LogP contribution in [0.3, 0.4) is 0 Å². The molecule has 1 unspecified atom stereocenters. The number of carbonyl (C=O) groups is 3. The van der Waals surface area contributed by atoms with Crippen molar-refractivity contribution in [3.05, 3.63) is 65.5 Å². The lowest BCUT2D eigenvalue weighted by Gasteiger charge is -2.36. The summed E-state index contributed by atoms with van der Waals surface area (Å²) in [6, 6.07) is 14.4. The van der Waals surface area contributed by atoms with Crippen molar-refractivity contribution >= 4 is 23.5 Å². The minimum Gasteiger partial charge on any atom is -0.473 e. The van der Waals surface area contributed by atoms with Gasteiger partial charge in [-0.15, -0.1) is 0 Å². The van der Waals surface area contributed by atoms with Gasteiger partial charge in [-0.1, -0.05) is 18.2 Å². The first kappa shape index (κ1) is 25.1. The van der Waals surface area contributed by atoms with Crippen molar-refractivity contribution in [3.63, 3.8) is 0 Å². The molecule has 1 amide bonds. The number of ether oxygens (including phenoxy) is 1. The van der Waals surface area contributed by atoms with E-state index in [0.29, 0.717) is 6.54 Å². The molecule has 0 aliphatic carbocycles. The number of amides is 1. The van der Waals surface area contributed by atoms with Crippen molar-refractivity contribution in [1.82, 2.24) is 9.80 Å². The van der Waals surface area contributed by atoms with Crippen molar-refractivity contribution in [2.75, 3.05) is 51.3 Å². The molecule has 10 heteroatoms. The zero-order chi connectivity index (χ0) is 24.7. The molecule has 2 N–H and O–H groups in total. The number of benzene rings is 2. The fourth-order valence-electron chi connectivity index (χ4n) is 4.16. The molecule has 0 saturated carbocycles. The quantitative estimate of drug-likeness (QED) is 0.615. The van der Waals surface area contributed by atoms with Crippen molar-refractivity contribution in [1.29, 1.82) is 0 Å². The van der Waals surface area contributed by atoms with E-state index in [9.17, 15) is 9.18 Å². The van der Waals surface area contributed by atoms with Crippen molar-refractivity contribution in [2.24, 2.45) is 0 Å². The molecule has 0 aromatic heterocycles. The fourth-order valence-corrected chi connectivity index (χ4v) is 4.16. The smallest absolute Gasteiger partial charge is 0.414 e. The number of carbonyl (C=O) groups excluding carboxylic acids is 1. The van der Waals surface area contributed by atoms with Gasteiger partial charge < -0.3 is 24.7 Å². The minimum absolute atomic E-state index is 0.0589. The van der Waals surface area contributed by atoms with Crippen LogP contribution < -0.4 is 4.90 Å². The summed E-state index contributed by atoms with van der Waals surface area (Å²) in [6.07, 6.45) is 0.634. The average molecular weight is 474 g/mol. The third-order valence-electron chi connectivity index (χ3n) is 5.84. The van der Waals surface area contributed by atoms with E-state index in [4.69, 9.17) is 24.5 Å². The van der Waals surface area contributed by atoms with Crippen LogP contribution in [0.15, 0.2) is 48.5 Å². The molecule has 2 aromatic carbocycles. The molecule has 9 nitrogen and oxygen atoms in total. The number of carboxylic acid groups (broad SMARTS) is 2. The maximum Gasteiger partial charge on any atom is 0.414 e. The van der Waals surface area contributed by atoms with Crippen LogP contribution in [-0.4, -0.2) is 84.2 Å². The summed E-state index contributed by atoms with van der Waals surface area (Å²) in [5.74, 6) is -3.79. The number of hydrogen-bond acceptors (Lipinski definition) is 6. The van der Waals surface area contributed by atoms with Crippen LogP contribution in [0.4, 0.5) is 10.1 Å². The third-order valence-corrected chi connectivity index (χ3v) is 5.84. The number of carboxylic acids is 2. The first-order valence-corrected chi connectivity index (χ1v) is 10.9. The van der Waals surface area contributed by atoms with E-state index in [2.05, 4.69) is 9.80 Å². The Balaban J connectivity index is 0.000000481. The minimum atomic E-state index is -1.82. The normalized spacial score (nSPS) is 17.7. The summed E-state index contributed by atoms with van der Waals surface area (Å²) in [6.45, 7) is 5.44. The lowest BCUT2D eigenvalue weighted by molar-refractivity contribution is -0.159. The van der Waals surface area contributed by atoms with Gasteiger partial charge in [0.25, 0.3) is 5.91 Å². The van der Waals surface area contributed by atoms with Crippen LogP contribution in [0, 0.1) is 5.82 Å². The number of aliphatic carboxylic acids is 2. The molecule has 2 heterocycles. The maximum absolute atomic E-state index is 13.1. The first-order chi connectivity index (χ1) is 16.3. The second-order valence-electron chi connectivity index (χ2n) is 7.94. The van der Waals surface area contributed by atoms with Crippen LogP contribution in [0.5, 0.6) is 0 Å². The molecule has 4 rings (SSSR count). The Kier molecular flexibility index (Phi) is 8.55. The molecule has 0 bridgehead atoms. The summed E-state index contributed by atoms with van der Waals surface area (Å²) in [5.41, 5.74) is 2.79. The number of piperazine rings is 1. The standard InChI is InChI=1S/C22H26FN3O2.C2H2O4/c1-28-22-20-6-3-2-5-19(20)21(27)26(22)12-4-11-24-13-15-25(16-14-24)18-9-7-17(23)8-10-18;3-1(4)2(5)6/h2-3,5-10,22H,4,11-16H2,1H3;(H,3,4)(H,5,6). The van der Waals surface area contributed by atoms with Crippen molar-refractivity contribution in [2.45, 2.75) is 12.6 Å². The molecular formula is C24H28FN3O6. The van der Waals surface area contributed by atoms with Crippen LogP contribution in [0.25, 0.3) is 0 Å². The maximum atomic E-state index is 13.1. The van der Waals surface area contributed by atoms with E-state index >= 15 is 0 Å². The number of fused-ring (bicyclic) bond motifs is 1. The largest absolute Gasteiger partial charge is 0.473 e. The van der Waals surface area contributed by atoms with Gasteiger partial charge in [0.2, 0.25) is 0 Å². The number of halogens is 1. The van der Waals surface area contributed by atoms with E-state index in [1.165, 1.54) is 12.1 Å². The predicted octanol–water partition coefficient (Wildman–Crippen LogP) is 2.29. The van der Waals surface area contributed by atoms with E-state index in [0.717, 1.165) is 56.0 Å². The summed E-state index contributed by atoms with van der Waals surface area (Å²) < 4.78 is 18.7. The van der Waals surface area contributed by atoms with Gasteiger partial charge in [0, 0.05) is 56.6 Å². The van der Waals surface area contributed by atoms with Gasteiger partial charge in [-0.2, -0.15) is 0 Å². The Morgan fingerprint density at radius 3 is 2.18 bits per heavy atom. The van der Waals surface area contributed by atoms with Crippen LogP contribution in [0.1, 0.15) is 28.6 Å². The van der Waals surface area contributed by atoms with E-state index in [-0.39, 0.29) is 18.0 Å². The Morgan fingerprint density at radius 1 is 0.971 bits per heavy atom. The van der Waals surface area contributed by atoms with Crippen LogP contribution >= 0.6 is 0 Å². The van der Waals surface area contributed by atoms with Crippen LogP contribution in [0.2, 0.25) is 0 Å². The zero-order valence-electron chi connectivity index (χ0n) is 18.9. The molecule has 2 aliphatic rings. The van der Waals surface area contributed by atoms with E-state index < -0.39 is 11.9 Å². The second kappa shape index (κ2) is 11.6. The Morgan fingerprint density at radius 2 is 1.59 bits per heavy atom. The highest BCUT2D eigenvalue weighted by atomic mass is 19.1. The van der Waals surface area contributed by atoms with Gasteiger partial charge in [0.05, 0.1) is 0 Å². The Bertz CT molecular complexity index is 996. The van der Waals surface area contributed by atoms with Crippen molar-refractivity contribution < 1.29 is 33.7 Å². The van der Waals surface area contributed by atoms with Gasteiger partial charge in [0.1, 0.15) is 5.82 Å². The number of nitrogens with zero attached hydrogens (tertiary/aromatic N) is 3. The first-order valence-electron chi connectivity index (χ1n) is 10.9. The molecule has 1 fully saturated rings. The number of rotatable bonds is 6. The lowest BCUT2D eigenvalue weighted by Crippen LogP contribution is -2.47. The van der Waals surface area contributed by atoms with Gasteiger partial charge in [-0.05, 0) is 43.3 Å². The fraction of sp³-hybridized carbons (Fsp3) is 0.375. The lowest BCUT2D eigenvalue weighted by atomic mass is 10.1. The highest BCUT2D eigenvalue weighted by Gasteiger charge is 2.36.